The Morgan fingerprint density at radius 2 is 1.94 bits per heavy atom. The van der Waals surface area contributed by atoms with Crippen molar-refractivity contribution in [3.05, 3.63) is 81.7 Å². The van der Waals surface area contributed by atoms with Gasteiger partial charge in [-0.05, 0) is 48.7 Å². The molecule has 0 bridgehead atoms. The van der Waals surface area contributed by atoms with Gasteiger partial charge in [-0.2, -0.15) is 0 Å². The Kier molecular flexibility index (Phi) is 5.93. The molecule has 3 heterocycles. The zero-order valence-corrected chi connectivity index (χ0v) is 19.3. The number of rotatable bonds is 4. The second-order valence-electron chi connectivity index (χ2n) is 7.96. The Labute approximate surface area is 200 Å². The summed E-state index contributed by atoms with van der Waals surface area (Å²) in [7, 11) is 0. The molecule has 1 aromatic heterocycles. The smallest absolute Gasteiger partial charge is 0.410 e. The van der Waals surface area contributed by atoms with Crippen LogP contribution in [-0.4, -0.2) is 36.0 Å². The summed E-state index contributed by atoms with van der Waals surface area (Å²) < 4.78 is 10.6. The molecule has 0 aliphatic carbocycles. The van der Waals surface area contributed by atoms with Crippen LogP contribution in [0.25, 0.3) is 0 Å². The van der Waals surface area contributed by atoms with Gasteiger partial charge in [0.15, 0.2) is 0 Å². The predicted octanol–water partition coefficient (Wildman–Crippen LogP) is 4.34. The second kappa shape index (κ2) is 9.18. The topological polar surface area (TPSA) is 97.0 Å². The molecule has 0 spiro atoms. The first kappa shape index (κ1) is 22.0. The Balaban J connectivity index is 1.34. The maximum absolute atomic E-state index is 13.0. The van der Waals surface area contributed by atoms with Crippen molar-refractivity contribution in [1.29, 1.82) is 0 Å². The lowest BCUT2D eigenvalue weighted by atomic mass is 10.0. The highest BCUT2D eigenvalue weighted by Crippen LogP contribution is 2.41. The van der Waals surface area contributed by atoms with E-state index in [1.54, 1.807) is 54.3 Å². The summed E-state index contributed by atoms with van der Waals surface area (Å²) in [5, 5.41) is 7.17. The number of carbonyl (C=O) groups excluding carboxylic acids is 3. The van der Waals surface area contributed by atoms with Crippen LogP contribution < -0.4 is 15.4 Å². The molecular formula is C25H23N3O5S. The maximum atomic E-state index is 13.0. The van der Waals surface area contributed by atoms with Crippen molar-refractivity contribution in [1.82, 2.24) is 10.2 Å². The highest BCUT2D eigenvalue weighted by molar-refractivity contribution is 7.16. The number of benzene rings is 2. The van der Waals surface area contributed by atoms with Gasteiger partial charge in [0.1, 0.15) is 16.9 Å². The van der Waals surface area contributed by atoms with Gasteiger partial charge < -0.3 is 25.0 Å². The Morgan fingerprint density at radius 3 is 2.74 bits per heavy atom. The van der Waals surface area contributed by atoms with Gasteiger partial charge >= 0.3 is 12.1 Å². The third-order valence-electron chi connectivity index (χ3n) is 5.77. The van der Waals surface area contributed by atoms with Crippen LogP contribution in [-0.2, 0) is 17.7 Å². The van der Waals surface area contributed by atoms with Gasteiger partial charge in [-0.25, -0.2) is 9.59 Å². The van der Waals surface area contributed by atoms with E-state index in [1.807, 2.05) is 12.1 Å². The van der Waals surface area contributed by atoms with Crippen molar-refractivity contribution >= 4 is 34.3 Å². The monoisotopic (exact) mass is 477 g/mol. The highest BCUT2D eigenvalue weighted by Gasteiger charge is 2.34. The summed E-state index contributed by atoms with van der Waals surface area (Å²) in [6.45, 7) is 3.05. The van der Waals surface area contributed by atoms with E-state index in [4.69, 9.17) is 9.47 Å². The van der Waals surface area contributed by atoms with Crippen molar-refractivity contribution in [3.8, 4) is 5.75 Å². The summed E-state index contributed by atoms with van der Waals surface area (Å²) in [5.74, 6) is -0.214. The molecule has 2 aromatic carbocycles. The van der Waals surface area contributed by atoms with E-state index < -0.39 is 12.1 Å². The first-order valence-electron chi connectivity index (χ1n) is 11.0. The third kappa shape index (κ3) is 4.22. The van der Waals surface area contributed by atoms with Gasteiger partial charge in [0.2, 0.25) is 0 Å². The zero-order valence-electron chi connectivity index (χ0n) is 18.5. The molecule has 0 radical (unpaired) electrons. The van der Waals surface area contributed by atoms with Gasteiger partial charge in [0, 0.05) is 11.4 Å². The van der Waals surface area contributed by atoms with Crippen molar-refractivity contribution in [2.24, 2.45) is 0 Å². The Morgan fingerprint density at radius 1 is 1.12 bits per heavy atom. The molecule has 174 valence electrons. The molecule has 0 fully saturated rings. The number of esters is 1. The Bertz CT molecular complexity index is 1260. The lowest BCUT2D eigenvalue weighted by Gasteiger charge is -2.28. The average molecular weight is 478 g/mol. The number of fused-ring (bicyclic) bond motifs is 3. The summed E-state index contributed by atoms with van der Waals surface area (Å²) in [5.41, 5.74) is 2.85. The summed E-state index contributed by atoms with van der Waals surface area (Å²) in [6, 6.07) is 15.9. The lowest BCUT2D eigenvalue weighted by molar-refractivity contribution is 0.0733. The predicted molar refractivity (Wildman–Crippen MR) is 127 cm³/mol. The van der Waals surface area contributed by atoms with Crippen LogP contribution in [0.4, 0.5) is 9.80 Å². The van der Waals surface area contributed by atoms with Crippen molar-refractivity contribution in [2.45, 2.75) is 26.1 Å². The van der Waals surface area contributed by atoms with E-state index in [2.05, 4.69) is 10.6 Å². The molecule has 9 heteroatoms. The minimum Gasteiger partial charge on any atom is -0.450 e. The molecule has 2 aliphatic heterocycles. The van der Waals surface area contributed by atoms with Crippen LogP contribution in [0.3, 0.4) is 0 Å². The normalized spacial score (nSPS) is 16.6. The molecule has 3 aromatic rings. The minimum atomic E-state index is -0.475. The fourth-order valence-electron chi connectivity index (χ4n) is 4.15. The van der Waals surface area contributed by atoms with Crippen LogP contribution in [0.15, 0.2) is 54.6 Å². The number of hydrogen-bond donors (Lipinski definition) is 2. The molecule has 0 saturated carbocycles. The van der Waals surface area contributed by atoms with Crippen molar-refractivity contribution < 1.29 is 23.9 Å². The van der Waals surface area contributed by atoms with Gasteiger partial charge in [-0.15, -0.1) is 11.3 Å². The van der Waals surface area contributed by atoms with Crippen molar-refractivity contribution in [3.63, 3.8) is 0 Å². The van der Waals surface area contributed by atoms with Crippen LogP contribution >= 0.6 is 11.3 Å². The summed E-state index contributed by atoms with van der Waals surface area (Å²) in [4.78, 5) is 40.2. The zero-order chi connectivity index (χ0) is 23.7. The fourth-order valence-corrected chi connectivity index (χ4v) is 5.44. The molecular weight excluding hydrogens is 454 g/mol. The molecule has 2 N–H and O–H groups in total. The third-order valence-corrected chi connectivity index (χ3v) is 6.92. The SMILES string of the molecule is CCOC(=O)N1CCc2c(sc3c2C(=O)NC(c2cccc(OC(=O)c4ccccc4)c2)N3)C1. The first-order valence-corrected chi connectivity index (χ1v) is 11.9. The van der Waals surface area contributed by atoms with E-state index in [0.717, 1.165) is 21.0 Å². The lowest BCUT2D eigenvalue weighted by Crippen LogP contribution is -2.39. The summed E-state index contributed by atoms with van der Waals surface area (Å²) in [6.07, 6.45) is -0.210. The first-order chi connectivity index (χ1) is 16.5. The van der Waals surface area contributed by atoms with Crippen LogP contribution in [0.5, 0.6) is 5.75 Å². The quantitative estimate of drug-likeness (QED) is 0.429. The maximum Gasteiger partial charge on any atom is 0.410 e. The van der Waals surface area contributed by atoms with Crippen LogP contribution in [0, 0.1) is 0 Å². The number of amides is 2. The number of anilines is 1. The number of ether oxygens (including phenoxy) is 2. The van der Waals surface area contributed by atoms with Crippen molar-refractivity contribution in [2.75, 3.05) is 18.5 Å². The van der Waals surface area contributed by atoms with Gasteiger partial charge in [0.25, 0.3) is 5.91 Å². The van der Waals surface area contributed by atoms with E-state index >= 15 is 0 Å². The second-order valence-corrected chi connectivity index (χ2v) is 9.06. The fraction of sp³-hybridized carbons (Fsp3) is 0.240. The summed E-state index contributed by atoms with van der Waals surface area (Å²) >= 11 is 1.48. The van der Waals surface area contributed by atoms with Gasteiger partial charge in [-0.1, -0.05) is 30.3 Å². The van der Waals surface area contributed by atoms with Gasteiger partial charge in [-0.3, -0.25) is 4.79 Å². The minimum absolute atomic E-state index is 0.160. The molecule has 34 heavy (non-hydrogen) atoms. The largest absolute Gasteiger partial charge is 0.450 e. The van der Waals surface area contributed by atoms with Gasteiger partial charge in [0.05, 0.1) is 24.3 Å². The number of hydrogen-bond acceptors (Lipinski definition) is 7. The van der Waals surface area contributed by atoms with E-state index in [0.29, 0.717) is 43.0 Å². The van der Waals surface area contributed by atoms with E-state index in [1.165, 1.54) is 11.3 Å². The highest BCUT2D eigenvalue weighted by atomic mass is 32.1. The molecule has 8 nitrogen and oxygen atoms in total. The number of thiophene rings is 1. The standard InChI is InChI=1S/C25H23N3O5S/c1-2-32-25(31)28-12-11-18-19(14-28)34-23-20(18)22(29)26-21(27-23)16-9-6-10-17(13-16)33-24(30)15-7-4-3-5-8-15/h3-10,13,21,27H,2,11-12,14H2,1H3,(H,26,29). The van der Waals surface area contributed by atoms with E-state index in [9.17, 15) is 14.4 Å². The molecule has 5 rings (SSSR count). The van der Waals surface area contributed by atoms with Crippen LogP contribution in [0.1, 0.15) is 49.8 Å². The molecule has 2 amide bonds. The molecule has 1 unspecified atom stereocenters. The molecule has 2 aliphatic rings. The number of carbonyl (C=O) groups is 3. The molecule has 0 saturated heterocycles. The van der Waals surface area contributed by atoms with E-state index in [-0.39, 0.29) is 12.0 Å². The number of nitrogens with one attached hydrogen (secondary N) is 2. The van der Waals surface area contributed by atoms with Crippen LogP contribution in [0.2, 0.25) is 0 Å². The number of nitrogens with zero attached hydrogens (tertiary/aromatic N) is 1. The average Bonchev–Trinajstić information content (AvgIpc) is 3.23. The molecule has 1 atom stereocenters. The Hall–Kier alpha value is -3.85.